The first kappa shape index (κ1) is 16.6. The zero-order valence-electron chi connectivity index (χ0n) is 14.3. The van der Waals surface area contributed by atoms with Crippen LogP contribution in [-0.2, 0) is 12.8 Å². The maximum absolute atomic E-state index is 12.5. The van der Waals surface area contributed by atoms with E-state index in [0.29, 0.717) is 11.5 Å². The van der Waals surface area contributed by atoms with Crippen LogP contribution in [0.5, 0.6) is 0 Å². The van der Waals surface area contributed by atoms with E-state index in [9.17, 15) is 4.79 Å². The van der Waals surface area contributed by atoms with Crippen molar-refractivity contribution in [3.05, 3.63) is 59.7 Å². The molecule has 1 fully saturated rings. The van der Waals surface area contributed by atoms with E-state index in [0.717, 1.165) is 44.6 Å². The second-order valence-corrected chi connectivity index (χ2v) is 6.50. The summed E-state index contributed by atoms with van der Waals surface area (Å²) in [5, 5.41) is 0. The monoisotopic (exact) mass is 323 g/mol. The number of hydrogen-bond acceptors (Lipinski definition) is 3. The predicted octanol–water partition coefficient (Wildman–Crippen LogP) is 3.52. The van der Waals surface area contributed by atoms with Gasteiger partial charge < -0.3 is 4.90 Å². The molecule has 1 aliphatic heterocycles. The lowest BCUT2D eigenvalue weighted by molar-refractivity contribution is 0.0686. The van der Waals surface area contributed by atoms with Crippen molar-refractivity contribution < 1.29 is 4.79 Å². The smallest absolute Gasteiger partial charge is 0.256 e. The van der Waals surface area contributed by atoms with E-state index in [1.165, 1.54) is 12.0 Å². The number of piperidine rings is 1. The normalized spacial score (nSPS) is 15.5. The van der Waals surface area contributed by atoms with Gasteiger partial charge in [-0.3, -0.25) is 4.79 Å². The van der Waals surface area contributed by atoms with Gasteiger partial charge in [-0.2, -0.15) is 0 Å². The number of aryl methyl sites for hydroxylation is 2. The highest BCUT2D eigenvalue weighted by molar-refractivity contribution is 5.93. The maximum Gasteiger partial charge on any atom is 0.256 e. The highest BCUT2D eigenvalue weighted by atomic mass is 16.2. The summed E-state index contributed by atoms with van der Waals surface area (Å²) < 4.78 is 0. The van der Waals surface area contributed by atoms with Crippen LogP contribution in [0.4, 0.5) is 0 Å². The van der Waals surface area contributed by atoms with Crippen LogP contribution in [0.3, 0.4) is 0 Å². The van der Waals surface area contributed by atoms with Gasteiger partial charge in [-0.05, 0) is 37.2 Å². The van der Waals surface area contributed by atoms with E-state index < -0.39 is 0 Å². The molecule has 0 N–H and O–H groups in total. The minimum Gasteiger partial charge on any atom is -0.339 e. The van der Waals surface area contributed by atoms with Crippen molar-refractivity contribution in [2.75, 3.05) is 13.1 Å². The van der Waals surface area contributed by atoms with Gasteiger partial charge in [-0.1, -0.05) is 37.3 Å². The van der Waals surface area contributed by atoms with Crippen molar-refractivity contribution in [3.63, 3.8) is 0 Å². The van der Waals surface area contributed by atoms with Crippen LogP contribution >= 0.6 is 0 Å². The number of amides is 1. The Balaban J connectivity index is 1.48. The van der Waals surface area contributed by atoms with Crippen molar-refractivity contribution in [1.82, 2.24) is 14.9 Å². The molecular weight excluding hydrogens is 298 g/mol. The lowest BCUT2D eigenvalue weighted by Crippen LogP contribution is -2.38. The maximum atomic E-state index is 12.5. The lowest BCUT2D eigenvalue weighted by Gasteiger charge is -2.32. The van der Waals surface area contributed by atoms with Crippen LogP contribution in [0.2, 0.25) is 0 Å². The number of aromatic nitrogens is 2. The molecule has 4 heteroatoms. The Morgan fingerprint density at radius 2 is 1.79 bits per heavy atom. The number of likely N-dealkylation sites (tertiary alicyclic amines) is 1. The number of benzene rings is 1. The molecule has 1 aromatic heterocycles. The highest BCUT2D eigenvalue weighted by Crippen LogP contribution is 2.23. The lowest BCUT2D eigenvalue weighted by atomic mass is 9.90. The van der Waals surface area contributed by atoms with E-state index in [2.05, 4.69) is 40.3 Å². The average molecular weight is 323 g/mol. The van der Waals surface area contributed by atoms with Crippen LogP contribution in [0, 0.1) is 5.92 Å². The Morgan fingerprint density at radius 3 is 2.42 bits per heavy atom. The van der Waals surface area contributed by atoms with Gasteiger partial charge in [0.25, 0.3) is 5.91 Å². The summed E-state index contributed by atoms with van der Waals surface area (Å²) in [4.78, 5) is 22.9. The molecule has 0 saturated carbocycles. The van der Waals surface area contributed by atoms with Gasteiger partial charge in [0.05, 0.1) is 5.56 Å². The zero-order chi connectivity index (χ0) is 16.8. The van der Waals surface area contributed by atoms with Crippen molar-refractivity contribution in [2.45, 2.75) is 39.0 Å². The quantitative estimate of drug-likeness (QED) is 0.845. The SMILES string of the molecule is CCc1ncc(C(=O)N2CCC(CCc3ccccc3)CC2)cn1. The Labute approximate surface area is 143 Å². The Bertz CT molecular complexity index is 646. The third-order valence-electron chi connectivity index (χ3n) is 4.85. The average Bonchev–Trinajstić information content (AvgIpc) is 2.67. The summed E-state index contributed by atoms with van der Waals surface area (Å²) in [7, 11) is 0. The molecule has 0 unspecified atom stereocenters. The summed E-state index contributed by atoms with van der Waals surface area (Å²) in [6.07, 6.45) is 8.64. The Hall–Kier alpha value is -2.23. The highest BCUT2D eigenvalue weighted by Gasteiger charge is 2.23. The fourth-order valence-electron chi connectivity index (χ4n) is 3.27. The molecule has 0 aliphatic carbocycles. The van der Waals surface area contributed by atoms with Crippen LogP contribution in [-0.4, -0.2) is 33.9 Å². The molecule has 0 spiro atoms. The molecule has 0 bridgehead atoms. The molecule has 2 heterocycles. The standard InChI is InChI=1S/C20H25N3O/c1-2-19-21-14-18(15-22-19)20(24)23-12-10-17(11-13-23)9-8-16-6-4-3-5-7-16/h3-7,14-15,17H,2,8-13H2,1H3. The Morgan fingerprint density at radius 1 is 1.12 bits per heavy atom. The number of carbonyl (C=O) groups excluding carboxylic acids is 1. The molecule has 4 nitrogen and oxygen atoms in total. The van der Waals surface area contributed by atoms with Gasteiger partial charge in [0, 0.05) is 31.9 Å². The van der Waals surface area contributed by atoms with E-state index in [1.807, 2.05) is 11.8 Å². The van der Waals surface area contributed by atoms with Crippen LogP contribution in [0.25, 0.3) is 0 Å². The summed E-state index contributed by atoms with van der Waals surface area (Å²) in [5.74, 6) is 1.57. The summed E-state index contributed by atoms with van der Waals surface area (Å²) in [6, 6.07) is 10.6. The first-order valence-corrected chi connectivity index (χ1v) is 8.90. The fraction of sp³-hybridized carbons (Fsp3) is 0.450. The summed E-state index contributed by atoms with van der Waals surface area (Å²) in [5.41, 5.74) is 2.01. The molecule has 1 saturated heterocycles. The molecule has 126 valence electrons. The van der Waals surface area contributed by atoms with E-state index >= 15 is 0 Å². The first-order valence-electron chi connectivity index (χ1n) is 8.90. The van der Waals surface area contributed by atoms with E-state index in [1.54, 1.807) is 12.4 Å². The second-order valence-electron chi connectivity index (χ2n) is 6.50. The van der Waals surface area contributed by atoms with Crippen molar-refractivity contribution >= 4 is 5.91 Å². The molecule has 0 atom stereocenters. The van der Waals surface area contributed by atoms with Crippen LogP contribution < -0.4 is 0 Å². The molecule has 0 radical (unpaired) electrons. The number of nitrogens with zero attached hydrogens (tertiary/aromatic N) is 3. The Kier molecular flexibility index (Phi) is 5.57. The summed E-state index contributed by atoms with van der Waals surface area (Å²) in [6.45, 7) is 3.69. The zero-order valence-corrected chi connectivity index (χ0v) is 14.3. The van der Waals surface area contributed by atoms with Crippen molar-refractivity contribution in [1.29, 1.82) is 0 Å². The molecule has 1 amide bonds. The third-order valence-corrected chi connectivity index (χ3v) is 4.85. The van der Waals surface area contributed by atoms with Gasteiger partial charge in [-0.15, -0.1) is 0 Å². The third kappa shape index (κ3) is 4.19. The number of hydrogen-bond donors (Lipinski definition) is 0. The van der Waals surface area contributed by atoms with Crippen LogP contribution in [0.15, 0.2) is 42.7 Å². The minimum atomic E-state index is 0.0687. The minimum absolute atomic E-state index is 0.0687. The van der Waals surface area contributed by atoms with Gasteiger partial charge in [0.1, 0.15) is 5.82 Å². The molecule has 1 aliphatic rings. The van der Waals surface area contributed by atoms with Crippen molar-refractivity contribution in [2.24, 2.45) is 5.92 Å². The van der Waals surface area contributed by atoms with Gasteiger partial charge in [-0.25, -0.2) is 9.97 Å². The fourth-order valence-corrected chi connectivity index (χ4v) is 3.27. The van der Waals surface area contributed by atoms with Crippen molar-refractivity contribution in [3.8, 4) is 0 Å². The van der Waals surface area contributed by atoms with Gasteiger partial charge in [0.2, 0.25) is 0 Å². The predicted molar refractivity (Wildman–Crippen MR) is 94.8 cm³/mol. The molecule has 3 rings (SSSR count). The molecule has 24 heavy (non-hydrogen) atoms. The summed E-state index contributed by atoms with van der Waals surface area (Å²) >= 11 is 0. The first-order chi connectivity index (χ1) is 11.8. The van der Waals surface area contributed by atoms with Gasteiger partial charge >= 0.3 is 0 Å². The largest absolute Gasteiger partial charge is 0.339 e. The van der Waals surface area contributed by atoms with Crippen LogP contribution in [0.1, 0.15) is 47.9 Å². The van der Waals surface area contributed by atoms with E-state index in [-0.39, 0.29) is 5.91 Å². The molecular formula is C20H25N3O. The number of carbonyl (C=O) groups is 1. The second kappa shape index (κ2) is 8.04. The molecule has 1 aromatic carbocycles. The van der Waals surface area contributed by atoms with E-state index in [4.69, 9.17) is 0 Å². The topological polar surface area (TPSA) is 46.1 Å². The molecule has 2 aromatic rings. The number of rotatable bonds is 5. The van der Waals surface area contributed by atoms with Gasteiger partial charge in [0.15, 0.2) is 0 Å².